The number of nitrogens with two attached hydrogens (primary N) is 1. The third-order valence-electron chi connectivity index (χ3n) is 5.84. The molecule has 5 rings (SSSR count). The number of Topliss-reactive ketones (excluding diaryl/α,β-unsaturated/α-hetero) is 1. The molecular weight excluding hydrogens is 412 g/mol. The van der Waals surface area contributed by atoms with Crippen molar-refractivity contribution >= 4 is 40.1 Å². The van der Waals surface area contributed by atoms with E-state index in [-0.39, 0.29) is 17.6 Å². The Morgan fingerprint density at radius 3 is 2.55 bits per heavy atom. The first-order valence-electron chi connectivity index (χ1n) is 10.2. The summed E-state index contributed by atoms with van der Waals surface area (Å²) >= 11 is 5.95. The van der Waals surface area contributed by atoms with Gasteiger partial charge in [0.2, 0.25) is 5.95 Å². The predicted molar refractivity (Wildman–Crippen MR) is 122 cm³/mol. The number of ketones is 1. The lowest BCUT2D eigenvalue weighted by Crippen LogP contribution is -2.36. The highest BCUT2D eigenvalue weighted by Crippen LogP contribution is 2.36. The van der Waals surface area contributed by atoms with Crippen molar-refractivity contribution < 1.29 is 4.79 Å². The molecule has 0 saturated carbocycles. The zero-order chi connectivity index (χ0) is 21.4. The van der Waals surface area contributed by atoms with Gasteiger partial charge in [0.25, 0.3) is 0 Å². The van der Waals surface area contributed by atoms with Gasteiger partial charge in [0, 0.05) is 59.4 Å². The number of fused-ring (bicyclic) bond motifs is 1. The Morgan fingerprint density at radius 1 is 1.06 bits per heavy atom. The van der Waals surface area contributed by atoms with E-state index in [0.717, 1.165) is 59.5 Å². The summed E-state index contributed by atoms with van der Waals surface area (Å²) in [6.07, 6.45) is 6.95. The number of hydrogen-bond acceptors (Lipinski definition) is 6. The molecule has 1 aliphatic rings. The van der Waals surface area contributed by atoms with Gasteiger partial charge in [-0.15, -0.1) is 0 Å². The summed E-state index contributed by atoms with van der Waals surface area (Å²) in [7, 11) is 0. The maximum Gasteiger partial charge on any atom is 0.220 e. The first kappa shape index (κ1) is 19.5. The van der Waals surface area contributed by atoms with Gasteiger partial charge < -0.3 is 15.6 Å². The summed E-state index contributed by atoms with van der Waals surface area (Å²) < 4.78 is 0. The molecule has 31 heavy (non-hydrogen) atoms. The van der Waals surface area contributed by atoms with Crippen molar-refractivity contribution in [2.75, 3.05) is 23.7 Å². The lowest BCUT2D eigenvalue weighted by Gasteiger charge is -2.33. The first-order valence-corrected chi connectivity index (χ1v) is 10.6. The SMILES string of the molecule is Nc1nccc(-c2c[nH]c3nccc(N4CCC(C(=O)c5ccc(Cl)cc5)CC4)c23)n1. The number of piperidine rings is 1. The van der Waals surface area contributed by atoms with Gasteiger partial charge in [0.1, 0.15) is 5.65 Å². The Bertz CT molecular complexity index is 1240. The number of anilines is 2. The molecule has 1 fully saturated rings. The highest BCUT2D eigenvalue weighted by atomic mass is 35.5. The minimum Gasteiger partial charge on any atom is -0.371 e. The van der Waals surface area contributed by atoms with E-state index in [0.29, 0.717) is 5.02 Å². The minimum absolute atomic E-state index is 0.0158. The Balaban J connectivity index is 1.40. The fourth-order valence-electron chi connectivity index (χ4n) is 4.26. The number of nitrogens with one attached hydrogen (secondary N) is 1. The summed E-state index contributed by atoms with van der Waals surface area (Å²) in [5.41, 5.74) is 10.1. The topological polar surface area (TPSA) is 101 Å². The van der Waals surface area contributed by atoms with Crippen LogP contribution < -0.4 is 10.6 Å². The Kier molecular flexibility index (Phi) is 5.03. The van der Waals surface area contributed by atoms with E-state index in [1.54, 1.807) is 24.5 Å². The van der Waals surface area contributed by atoms with Crippen LogP contribution in [-0.4, -0.2) is 38.8 Å². The predicted octanol–water partition coefficient (Wildman–Crippen LogP) is 4.35. The average Bonchev–Trinajstić information content (AvgIpc) is 3.24. The van der Waals surface area contributed by atoms with Gasteiger partial charge >= 0.3 is 0 Å². The van der Waals surface area contributed by atoms with Crippen molar-refractivity contribution in [1.82, 2.24) is 19.9 Å². The lowest BCUT2D eigenvalue weighted by molar-refractivity contribution is 0.0900. The van der Waals surface area contributed by atoms with Gasteiger partial charge in [-0.3, -0.25) is 4.79 Å². The molecule has 0 atom stereocenters. The van der Waals surface area contributed by atoms with E-state index >= 15 is 0 Å². The molecule has 4 heterocycles. The van der Waals surface area contributed by atoms with E-state index in [9.17, 15) is 4.79 Å². The standard InChI is InChI=1S/C23H21ClN6O/c24-16-3-1-14(2-4-16)21(31)15-7-11-30(12-8-15)19-6-10-26-22-20(19)17(13-28-22)18-5-9-27-23(25)29-18/h1-6,9-10,13,15H,7-8,11-12H2,(H,26,28)(H2,25,27,29). The van der Waals surface area contributed by atoms with Crippen LogP contribution in [0.15, 0.2) is 55.0 Å². The van der Waals surface area contributed by atoms with Crippen molar-refractivity contribution in [3.05, 3.63) is 65.6 Å². The smallest absolute Gasteiger partial charge is 0.220 e. The number of nitrogen functional groups attached to an aromatic ring is 1. The summed E-state index contributed by atoms with van der Waals surface area (Å²) in [5.74, 6) is 0.441. The van der Waals surface area contributed by atoms with E-state index in [2.05, 4.69) is 24.8 Å². The number of nitrogens with zero attached hydrogens (tertiary/aromatic N) is 4. The summed E-state index contributed by atoms with van der Waals surface area (Å²) in [6, 6.07) is 11.0. The molecule has 1 aliphatic heterocycles. The van der Waals surface area contributed by atoms with Crippen LogP contribution >= 0.6 is 11.6 Å². The van der Waals surface area contributed by atoms with Crippen LogP contribution in [0.3, 0.4) is 0 Å². The van der Waals surface area contributed by atoms with Crippen LogP contribution in [0.4, 0.5) is 11.6 Å². The second kappa shape index (κ2) is 8.00. The third-order valence-corrected chi connectivity index (χ3v) is 6.09. The van der Waals surface area contributed by atoms with E-state index in [4.69, 9.17) is 17.3 Å². The number of aromatic amines is 1. The Hall–Kier alpha value is -3.45. The molecule has 0 radical (unpaired) electrons. The Morgan fingerprint density at radius 2 is 1.81 bits per heavy atom. The number of benzene rings is 1. The molecule has 0 spiro atoms. The van der Waals surface area contributed by atoms with Gasteiger partial charge in [-0.1, -0.05) is 11.6 Å². The first-order chi connectivity index (χ1) is 15.1. The van der Waals surface area contributed by atoms with E-state index in [1.165, 1.54) is 0 Å². The number of H-pyrrole nitrogens is 1. The van der Waals surface area contributed by atoms with Crippen LogP contribution in [0.5, 0.6) is 0 Å². The van der Waals surface area contributed by atoms with Gasteiger partial charge in [-0.25, -0.2) is 15.0 Å². The second-order valence-electron chi connectivity index (χ2n) is 7.69. The van der Waals surface area contributed by atoms with Gasteiger partial charge in [-0.05, 0) is 49.2 Å². The van der Waals surface area contributed by atoms with Crippen molar-refractivity contribution in [3.63, 3.8) is 0 Å². The molecule has 0 aliphatic carbocycles. The molecule has 1 saturated heterocycles. The maximum absolute atomic E-state index is 12.9. The maximum atomic E-state index is 12.9. The molecule has 3 aromatic heterocycles. The number of halogens is 1. The second-order valence-corrected chi connectivity index (χ2v) is 8.13. The quantitative estimate of drug-likeness (QED) is 0.465. The highest BCUT2D eigenvalue weighted by Gasteiger charge is 2.27. The summed E-state index contributed by atoms with van der Waals surface area (Å²) in [4.78, 5) is 31.3. The van der Waals surface area contributed by atoms with Gasteiger partial charge in [-0.2, -0.15) is 0 Å². The number of rotatable bonds is 4. The number of aromatic nitrogens is 4. The number of carbonyl (C=O) groups excluding carboxylic acids is 1. The van der Waals surface area contributed by atoms with Crippen molar-refractivity contribution in [2.24, 2.45) is 5.92 Å². The molecule has 1 aromatic carbocycles. The van der Waals surface area contributed by atoms with Crippen molar-refractivity contribution in [1.29, 1.82) is 0 Å². The van der Waals surface area contributed by atoms with Crippen LogP contribution in [-0.2, 0) is 0 Å². The summed E-state index contributed by atoms with van der Waals surface area (Å²) in [5, 5.41) is 1.64. The minimum atomic E-state index is 0.0158. The molecule has 7 nitrogen and oxygen atoms in total. The third kappa shape index (κ3) is 3.72. The average molecular weight is 433 g/mol. The normalized spacial score (nSPS) is 14.8. The molecule has 4 aromatic rings. The van der Waals surface area contributed by atoms with Crippen molar-refractivity contribution in [3.8, 4) is 11.3 Å². The fraction of sp³-hybridized carbons (Fsp3) is 0.217. The number of pyridine rings is 1. The molecular formula is C23H21ClN6O. The lowest BCUT2D eigenvalue weighted by atomic mass is 9.88. The highest BCUT2D eigenvalue weighted by molar-refractivity contribution is 6.30. The monoisotopic (exact) mass is 432 g/mol. The molecule has 3 N–H and O–H groups in total. The molecule has 0 bridgehead atoms. The molecule has 8 heteroatoms. The molecule has 0 unspecified atom stereocenters. The zero-order valence-corrected chi connectivity index (χ0v) is 17.5. The van der Waals surface area contributed by atoms with E-state index < -0.39 is 0 Å². The van der Waals surface area contributed by atoms with Crippen LogP contribution in [0, 0.1) is 5.92 Å². The van der Waals surface area contributed by atoms with E-state index in [1.807, 2.05) is 30.5 Å². The molecule has 156 valence electrons. The Labute approximate surface area is 184 Å². The van der Waals surface area contributed by atoms with Gasteiger partial charge in [0.05, 0.1) is 11.1 Å². The van der Waals surface area contributed by atoms with Crippen LogP contribution in [0.2, 0.25) is 5.02 Å². The molecule has 0 amide bonds. The fourth-order valence-corrected chi connectivity index (χ4v) is 4.39. The number of hydrogen-bond donors (Lipinski definition) is 2. The number of carbonyl (C=O) groups is 1. The van der Waals surface area contributed by atoms with Crippen LogP contribution in [0.25, 0.3) is 22.3 Å². The largest absolute Gasteiger partial charge is 0.371 e. The van der Waals surface area contributed by atoms with Crippen molar-refractivity contribution in [2.45, 2.75) is 12.8 Å². The zero-order valence-electron chi connectivity index (χ0n) is 16.8. The van der Waals surface area contributed by atoms with Gasteiger partial charge in [0.15, 0.2) is 5.78 Å². The summed E-state index contributed by atoms with van der Waals surface area (Å²) in [6.45, 7) is 1.58. The van der Waals surface area contributed by atoms with Crippen LogP contribution in [0.1, 0.15) is 23.2 Å².